The monoisotopic (exact) mass is 408 g/mol. The van der Waals surface area contributed by atoms with E-state index in [1.807, 2.05) is 0 Å². The fraction of sp³-hybridized carbons (Fsp3) is 0.286. The van der Waals surface area contributed by atoms with Crippen molar-refractivity contribution in [3.05, 3.63) is 96.1 Å². The summed E-state index contributed by atoms with van der Waals surface area (Å²) in [7, 11) is 1.72. The number of nitrogens with one attached hydrogen (secondary N) is 1. The number of anilines is 2. The van der Waals surface area contributed by atoms with Gasteiger partial charge in [0.2, 0.25) is 0 Å². The van der Waals surface area contributed by atoms with Crippen molar-refractivity contribution < 1.29 is 4.74 Å². The lowest BCUT2D eigenvalue weighted by Crippen LogP contribution is -2.60. The van der Waals surface area contributed by atoms with Crippen molar-refractivity contribution in [3.63, 3.8) is 0 Å². The van der Waals surface area contributed by atoms with E-state index < -0.39 is 0 Å². The molecule has 1 spiro atoms. The standard InChI is InChI=1S/C28H28N2O/c1-31-22-16-14-21(15-17-22)27-19-23(20-9-3-2-4-10-20)24-11-7-8-18-28(24)29-25-12-5-6-13-26(25)30(27)28/h2-6,9-10,12-17,19,23-24,29H,7-8,11,18H2,1H3/t23-,24+,28-/m0/s1. The van der Waals surface area contributed by atoms with Crippen LogP contribution < -0.4 is 15.0 Å². The van der Waals surface area contributed by atoms with Gasteiger partial charge in [-0.25, -0.2) is 0 Å². The Balaban J connectivity index is 1.58. The number of ether oxygens (including phenoxy) is 1. The molecule has 3 atom stereocenters. The number of para-hydroxylation sites is 2. The molecule has 0 radical (unpaired) electrons. The van der Waals surface area contributed by atoms with E-state index in [0.29, 0.717) is 11.8 Å². The summed E-state index contributed by atoms with van der Waals surface area (Å²) in [6.07, 6.45) is 7.47. The van der Waals surface area contributed by atoms with E-state index in [-0.39, 0.29) is 5.66 Å². The van der Waals surface area contributed by atoms with Crippen molar-refractivity contribution in [1.29, 1.82) is 0 Å². The maximum absolute atomic E-state index is 5.43. The van der Waals surface area contributed by atoms with Crippen LogP contribution in [0.5, 0.6) is 5.75 Å². The highest BCUT2D eigenvalue weighted by atomic mass is 16.5. The predicted molar refractivity (Wildman–Crippen MR) is 127 cm³/mol. The van der Waals surface area contributed by atoms with Crippen molar-refractivity contribution in [3.8, 4) is 5.75 Å². The van der Waals surface area contributed by atoms with Gasteiger partial charge in [0.05, 0.1) is 18.5 Å². The van der Waals surface area contributed by atoms with Crippen LogP contribution in [0.4, 0.5) is 11.4 Å². The molecular weight excluding hydrogens is 380 g/mol. The zero-order valence-corrected chi connectivity index (χ0v) is 17.9. The van der Waals surface area contributed by atoms with Gasteiger partial charge < -0.3 is 15.0 Å². The number of allylic oxidation sites excluding steroid dienone is 1. The minimum atomic E-state index is -0.0769. The second-order valence-corrected chi connectivity index (χ2v) is 8.97. The fourth-order valence-corrected chi connectivity index (χ4v) is 6.07. The molecule has 1 saturated carbocycles. The molecule has 0 amide bonds. The number of fused-ring (bicyclic) bond motifs is 2. The van der Waals surface area contributed by atoms with Gasteiger partial charge in [-0.05, 0) is 66.8 Å². The minimum Gasteiger partial charge on any atom is -0.497 e. The van der Waals surface area contributed by atoms with Gasteiger partial charge >= 0.3 is 0 Å². The molecule has 156 valence electrons. The fourth-order valence-electron chi connectivity index (χ4n) is 6.07. The summed E-state index contributed by atoms with van der Waals surface area (Å²) in [5.74, 6) is 1.81. The second-order valence-electron chi connectivity index (χ2n) is 8.97. The molecule has 0 unspecified atom stereocenters. The lowest BCUT2D eigenvalue weighted by Gasteiger charge is -2.54. The lowest BCUT2D eigenvalue weighted by atomic mass is 9.66. The maximum atomic E-state index is 5.43. The third-order valence-electron chi connectivity index (χ3n) is 7.41. The van der Waals surface area contributed by atoms with Crippen LogP contribution in [-0.4, -0.2) is 12.8 Å². The summed E-state index contributed by atoms with van der Waals surface area (Å²) < 4.78 is 5.43. The maximum Gasteiger partial charge on any atom is 0.119 e. The summed E-state index contributed by atoms with van der Waals surface area (Å²) in [6, 6.07) is 28.4. The van der Waals surface area contributed by atoms with E-state index in [9.17, 15) is 0 Å². The van der Waals surface area contributed by atoms with Crippen molar-refractivity contribution in [2.45, 2.75) is 37.3 Å². The van der Waals surface area contributed by atoms with Crippen LogP contribution in [0.2, 0.25) is 0 Å². The first kappa shape index (κ1) is 18.6. The molecule has 0 bridgehead atoms. The normalized spacial score (nSPS) is 26.2. The van der Waals surface area contributed by atoms with E-state index in [1.54, 1.807) is 7.11 Å². The molecule has 1 fully saturated rings. The van der Waals surface area contributed by atoms with Crippen LogP contribution in [0.25, 0.3) is 5.70 Å². The predicted octanol–water partition coefficient (Wildman–Crippen LogP) is 6.65. The molecule has 3 aromatic carbocycles. The molecule has 6 rings (SSSR count). The summed E-state index contributed by atoms with van der Waals surface area (Å²) in [5.41, 5.74) is 6.42. The molecule has 0 aromatic heterocycles. The smallest absolute Gasteiger partial charge is 0.119 e. The van der Waals surface area contributed by atoms with Crippen LogP contribution in [0, 0.1) is 5.92 Å². The van der Waals surface area contributed by atoms with Gasteiger partial charge in [0.1, 0.15) is 11.4 Å². The molecule has 1 N–H and O–H groups in total. The van der Waals surface area contributed by atoms with Crippen molar-refractivity contribution >= 4 is 17.1 Å². The highest BCUT2D eigenvalue weighted by Gasteiger charge is 2.56. The first-order valence-electron chi connectivity index (χ1n) is 11.4. The van der Waals surface area contributed by atoms with Gasteiger partial charge in [-0.15, -0.1) is 0 Å². The Hall–Kier alpha value is -3.20. The zero-order valence-electron chi connectivity index (χ0n) is 17.9. The van der Waals surface area contributed by atoms with E-state index in [0.717, 1.165) is 12.2 Å². The Kier molecular flexibility index (Phi) is 4.31. The zero-order chi connectivity index (χ0) is 20.8. The minimum absolute atomic E-state index is 0.0769. The van der Waals surface area contributed by atoms with E-state index in [1.165, 1.54) is 47.5 Å². The van der Waals surface area contributed by atoms with Gasteiger partial charge in [0, 0.05) is 17.5 Å². The molecule has 3 aliphatic rings. The van der Waals surface area contributed by atoms with Crippen LogP contribution in [0.3, 0.4) is 0 Å². The first-order chi connectivity index (χ1) is 15.3. The molecular formula is C28H28N2O. The molecule has 1 aliphatic carbocycles. The topological polar surface area (TPSA) is 24.5 Å². The van der Waals surface area contributed by atoms with Crippen molar-refractivity contribution in [1.82, 2.24) is 0 Å². The third-order valence-corrected chi connectivity index (χ3v) is 7.41. The number of rotatable bonds is 3. The summed E-state index contributed by atoms with van der Waals surface area (Å²) >= 11 is 0. The molecule has 2 heterocycles. The average molecular weight is 409 g/mol. The molecule has 3 aromatic rings. The third kappa shape index (κ3) is 2.79. The first-order valence-corrected chi connectivity index (χ1v) is 11.4. The Labute approximate surface area is 184 Å². The highest BCUT2D eigenvalue weighted by molar-refractivity contribution is 5.93. The van der Waals surface area contributed by atoms with Crippen LogP contribution in [0.15, 0.2) is 84.9 Å². The Morgan fingerprint density at radius 2 is 1.68 bits per heavy atom. The molecule has 31 heavy (non-hydrogen) atoms. The average Bonchev–Trinajstić information content (AvgIpc) is 3.17. The van der Waals surface area contributed by atoms with Gasteiger partial charge in [-0.3, -0.25) is 0 Å². The summed E-state index contributed by atoms with van der Waals surface area (Å²) in [4.78, 5) is 2.62. The van der Waals surface area contributed by atoms with E-state index in [2.05, 4.69) is 95.2 Å². The van der Waals surface area contributed by atoms with Crippen molar-refractivity contribution in [2.24, 2.45) is 5.92 Å². The van der Waals surface area contributed by atoms with Gasteiger partial charge in [0.25, 0.3) is 0 Å². The second kappa shape index (κ2) is 7.19. The van der Waals surface area contributed by atoms with Crippen LogP contribution >= 0.6 is 0 Å². The van der Waals surface area contributed by atoms with Crippen LogP contribution in [-0.2, 0) is 0 Å². The van der Waals surface area contributed by atoms with Gasteiger partial charge in [0.15, 0.2) is 0 Å². The quantitative estimate of drug-likeness (QED) is 0.525. The summed E-state index contributed by atoms with van der Waals surface area (Å²) in [5, 5.41) is 4.03. The largest absolute Gasteiger partial charge is 0.497 e. The number of hydrogen-bond acceptors (Lipinski definition) is 3. The lowest BCUT2D eigenvalue weighted by molar-refractivity contribution is 0.198. The Bertz CT molecular complexity index is 1120. The van der Waals surface area contributed by atoms with Gasteiger partial charge in [-0.1, -0.05) is 55.0 Å². The summed E-state index contributed by atoms with van der Waals surface area (Å²) in [6.45, 7) is 0. The molecule has 3 nitrogen and oxygen atoms in total. The number of methoxy groups -OCH3 is 1. The van der Waals surface area contributed by atoms with Gasteiger partial charge in [-0.2, -0.15) is 0 Å². The van der Waals surface area contributed by atoms with Crippen molar-refractivity contribution in [2.75, 3.05) is 17.3 Å². The Morgan fingerprint density at radius 1 is 0.903 bits per heavy atom. The molecule has 3 heteroatoms. The number of benzene rings is 3. The van der Waals surface area contributed by atoms with Crippen LogP contribution in [0.1, 0.15) is 42.7 Å². The number of nitrogens with zero attached hydrogens (tertiary/aromatic N) is 1. The SMILES string of the molecule is COc1ccc(C2=C[C@@H](c3ccccc3)[C@H]3CCCC[C@@]34Nc3ccccc3N24)cc1. The van der Waals surface area contributed by atoms with E-state index >= 15 is 0 Å². The number of hydrogen-bond donors (Lipinski definition) is 1. The molecule has 2 aliphatic heterocycles. The Morgan fingerprint density at radius 3 is 2.48 bits per heavy atom. The van der Waals surface area contributed by atoms with E-state index in [4.69, 9.17) is 4.74 Å². The molecule has 0 saturated heterocycles. The highest BCUT2D eigenvalue weighted by Crippen LogP contribution is 2.58.